The minimum absolute atomic E-state index is 0.0710. The average molecular weight is 428 g/mol. The van der Waals surface area contributed by atoms with Gasteiger partial charge in [-0.3, -0.25) is 4.79 Å². The monoisotopic (exact) mass is 427 g/mol. The van der Waals surface area contributed by atoms with Crippen molar-refractivity contribution in [3.05, 3.63) is 48.2 Å². The second-order valence-electron chi connectivity index (χ2n) is 7.57. The number of pyridine rings is 1. The molecule has 0 saturated carbocycles. The van der Waals surface area contributed by atoms with Gasteiger partial charge in [-0.05, 0) is 63.1 Å². The molecule has 0 aliphatic carbocycles. The molecule has 2 heterocycles. The number of rotatable bonds is 6. The molecule has 1 aliphatic heterocycles. The van der Waals surface area contributed by atoms with Crippen LogP contribution in [0, 0.1) is 17.2 Å². The van der Waals surface area contributed by atoms with E-state index in [1.165, 1.54) is 12.1 Å². The molecule has 1 aromatic carbocycles. The number of aromatic nitrogens is 1. The van der Waals surface area contributed by atoms with E-state index < -0.39 is 10.0 Å². The zero-order valence-electron chi connectivity index (χ0n) is 17.0. The van der Waals surface area contributed by atoms with Crippen molar-refractivity contribution in [2.45, 2.75) is 37.6 Å². The van der Waals surface area contributed by atoms with Crippen LogP contribution in [-0.2, 0) is 14.8 Å². The van der Waals surface area contributed by atoms with Crippen molar-refractivity contribution in [2.24, 2.45) is 5.92 Å². The number of benzene rings is 1. The molecule has 0 unspecified atom stereocenters. The molecule has 1 fully saturated rings. The highest BCUT2D eigenvalue weighted by atomic mass is 32.2. The van der Waals surface area contributed by atoms with Crippen LogP contribution < -0.4 is 14.9 Å². The fourth-order valence-electron chi connectivity index (χ4n) is 3.35. The fourth-order valence-corrected chi connectivity index (χ4v) is 4.60. The van der Waals surface area contributed by atoms with Crippen molar-refractivity contribution < 1.29 is 13.2 Å². The number of nitriles is 1. The zero-order chi connectivity index (χ0) is 21.7. The number of carbonyl (C=O) groups is 1. The van der Waals surface area contributed by atoms with E-state index in [1.807, 2.05) is 6.07 Å². The number of amides is 1. The van der Waals surface area contributed by atoms with Crippen LogP contribution in [0.3, 0.4) is 0 Å². The Morgan fingerprint density at radius 1 is 1.17 bits per heavy atom. The summed E-state index contributed by atoms with van der Waals surface area (Å²) in [6.07, 6.45) is 2.94. The number of nitrogens with zero attached hydrogens (tertiary/aromatic N) is 3. The smallest absolute Gasteiger partial charge is 0.240 e. The van der Waals surface area contributed by atoms with Crippen LogP contribution in [0.4, 0.5) is 11.5 Å². The number of sulfonamides is 1. The molecule has 30 heavy (non-hydrogen) atoms. The topological polar surface area (TPSA) is 115 Å². The minimum Gasteiger partial charge on any atom is -0.357 e. The van der Waals surface area contributed by atoms with E-state index in [-0.39, 0.29) is 22.8 Å². The first-order valence-corrected chi connectivity index (χ1v) is 11.3. The summed E-state index contributed by atoms with van der Waals surface area (Å²) in [7, 11) is -3.55. The minimum atomic E-state index is -3.55. The van der Waals surface area contributed by atoms with Crippen molar-refractivity contribution in [2.75, 3.05) is 23.3 Å². The molecule has 0 radical (unpaired) electrons. The summed E-state index contributed by atoms with van der Waals surface area (Å²) in [4.78, 5) is 19.2. The number of nitrogens with one attached hydrogen (secondary N) is 2. The van der Waals surface area contributed by atoms with E-state index in [0.717, 1.165) is 5.82 Å². The molecule has 0 bridgehead atoms. The standard InChI is InChI=1S/C21H25N5O3S/c1-15(2)25-30(28,29)19-6-4-18(5-7-19)24-21(27)17-9-11-26(12-10-17)20-8-3-16(13-22)14-23-20/h3-8,14-15,17,25H,9-12H2,1-2H3,(H,24,27). The summed E-state index contributed by atoms with van der Waals surface area (Å²) < 4.78 is 26.9. The first-order valence-electron chi connectivity index (χ1n) is 9.83. The summed E-state index contributed by atoms with van der Waals surface area (Å²) in [5.41, 5.74) is 1.09. The maximum atomic E-state index is 12.6. The highest BCUT2D eigenvalue weighted by Gasteiger charge is 2.26. The van der Waals surface area contributed by atoms with Crippen molar-refractivity contribution in [1.29, 1.82) is 5.26 Å². The second kappa shape index (κ2) is 9.24. The lowest BCUT2D eigenvalue weighted by atomic mass is 9.95. The quantitative estimate of drug-likeness (QED) is 0.732. The molecule has 2 N–H and O–H groups in total. The molecular weight excluding hydrogens is 402 g/mol. The molecule has 8 nitrogen and oxygen atoms in total. The number of hydrogen-bond acceptors (Lipinski definition) is 6. The van der Waals surface area contributed by atoms with E-state index in [2.05, 4.69) is 26.0 Å². The van der Waals surface area contributed by atoms with E-state index >= 15 is 0 Å². The van der Waals surface area contributed by atoms with Gasteiger partial charge in [-0.1, -0.05) is 0 Å². The molecule has 1 aromatic heterocycles. The third-order valence-electron chi connectivity index (χ3n) is 4.89. The lowest BCUT2D eigenvalue weighted by molar-refractivity contribution is -0.120. The van der Waals surface area contributed by atoms with Crippen LogP contribution in [0.15, 0.2) is 47.5 Å². The van der Waals surface area contributed by atoms with Crippen molar-refractivity contribution in [1.82, 2.24) is 9.71 Å². The Morgan fingerprint density at radius 2 is 1.83 bits per heavy atom. The first-order chi connectivity index (χ1) is 14.3. The van der Waals surface area contributed by atoms with Gasteiger partial charge in [0, 0.05) is 36.9 Å². The fraction of sp³-hybridized carbons (Fsp3) is 0.381. The predicted octanol–water partition coefficient (Wildman–Crippen LogP) is 2.50. The van der Waals surface area contributed by atoms with Gasteiger partial charge in [-0.15, -0.1) is 0 Å². The Bertz CT molecular complexity index is 1020. The molecule has 3 rings (SSSR count). The lowest BCUT2D eigenvalue weighted by Crippen LogP contribution is -2.38. The van der Waals surface area contributed by atoms with Gasteiger partial charge in [0.05, 0.1) is 10.5 Å². The van der Waals surface area contributed by atoms with Gasteiger partial charge >= 0.3 is 0 Å². The molecule has 1 amide bonds. The van der Waals surface area contributed by atoms with Gasteiger partial charge in [0.2, 0.25) is 15.9 Å². The molecule has 2 aromatic rings. The average Bonchev–Trinajstić information content (AvgIpc) is 2.73. The molecule has 9 heteroatoms. The summed E-state index contributed by atoms with van der Waals surface area (Å²) in [5, 5.41) is 11.7. The molecule has 1 saturated heterocycles. The van der Waals surface area contributed by atoms with E-state index in [4.69, 9.17) is 5.26 Å². The summed E-state index contributed by atoms with van der Waals surface area (Å²) in [6, 6.07) is 11.6. The number of hydrogen-bond donors (Lipinski definition) is 2. The van der Waals surface area contributed by atoms with E-state index in [9.17, 15) is 13.2 Å². The Kier molecular flexibility index (Phi) is 6.70. The van der Waals surface area contributed by atoms with Crippen LogP contribution in [0.2, 0.25) is 0 Å². The Morgan fingerprint density at radius 3 is 2.37 bits per heavy atom. The van der Waals surface area contributed by atoms with Crippen LogP contribution in [-0.4, -0.2) is 38.4 Å². The van der Waals surface area contributed by atoms with Gasteiger partial charge in [0.1, 0.15) is 11.9 Å². The van der Waals surface area contributed by atoms with Gasteiger partial charge < -0.3 is 10.2 Å². The van der Waals surface area contributed by atoms with Gasteiger partial charge in [-0.2, -0.15) is 5.26 Å². The van der Waals surface area contributed by atoms with Crippen molar-refractivity contribution in [3.8, 4) is 6.07 Å². The van der Waals surface area contributed by atoms with Crippen LogP contribution in [0.5, 0.6) is 0 Å². The highest BCUT2D eigenvalue weighted by Crippen LogP contribution is 2.23. The van der Waals surface area contributed by atoms with Crippen molar-refractivity contribution in [3.63, 3.8) is 0 Å². The third kappa shape index (κ3) is 5.34. The van der Waals surface area contributed by atoms with Gasteiger partial charge in [-0.25, -0.2) is 18.1 Å². The molecular formula is C21H25N5O3S. The third-order valence-corrected chi connectivity index (χ3v) is 6.56. The van der Waals surface area contributed by atoms with E-state index in [1.54, 1.807) is 38.2 Å². The summed E-state index contributed by atoms with van der Waals surface area (Å²) >= 11 is 0. The zero-order valence-corrected chi connectivity index (χ0v) is 17.8. The lowest BCUT2D eigenvalue weighted by Gasteiger charge is -2.32. The normalized spacial score (nSPS) is 15.1. The maximum Gasteiger partial charge on any atom is 0.240 e. The SMILES string of the molecule is CC(C)NS(=O)(=O)c1ccc(NC(=O)C2CCN(c3ccc(C#N)cn3)CC2)cc1. The largest absolute Gasteiger partial charge is 0.357 e. The van der Waals surface area contributed by atoms with Crippen LogP contribution >= 0.6 is 0 Å². The Balaban J connectivity index is 1.55. The highest BCUT2D eigenvalue weighted by molar-refractivity contribution is 7.89. The number of carbonyl (C=O) groups excluding carboxylic acids is 1. The molecule has 1 aliphatic rings. The Labute approximate surface area is 177 Å². The number of piperidine rings is 1. The van der Waals surface area contributed by atoms with E-state index in [0.29, 0.717) is 37.2 Å². The molecule has 0 spiro atoms. The maximum absolute atomic E-state index is 12.6. The summed E-state index contributed by atoms with van der Waals surface area (Å²) in [6.45, 7) is 4.92. The first kappa shape index (κ1) is 21.7. The van der Waals surface area contributed by atoms with Crippen molar-refractivity contribution >= 4 is 27.4 Å². The van der Waals surface area contributed by atoms with Gasteiger partial charge in [0.25, 0.3) is 0 Å². The van der Waals surface area contributed by atoms with Crippen LogP contribution in [0.25, 0.3) is 0 Å². The summed E-state index contributed by atoms with van der Waals surface area (Å²) in [5.74, 6) is 0.615. The van der Waals surface area contributed by atoms with Gasteiger partial charge in [0.15, 0.2) is 0 Å². The molecule has 0 atom stereocenters. The Hall–Kier alpha value is -2.96. The second-order valence-corrected chi connectivity index (χ2v) is 9.28. The van der Waals surface area contributed by atoms with Crippen LogP contribution in [0.1, 0.15) is 32.3 Å². The predicted molar refractivity (Wildman–Crippen MR) is 114 cm³/mol. The molecule has 158 valence electrons. The number of anilines is 2.